The van der Waals surface area contributed by atoms with Gasteiger partial charge in [-0.15, -0.1) is 0 Å². The average Bonchev–Trinajstić information content (AvgIpc) is 3.28. The van der Waals surface area contributed by atoms with E-state index >= 15 is 0 Å². The highest BCUT2D eigenvalue weighted by Gasteiger charge is 2.58. The van der Waals surface area contributed by atoms with Crippen LogP contribution in [0.4, 0.5) is 4.39 Å². The molecule has 27 heavy (non-hydrogen) atoms. The van der Waals surface area contributed by atoms with Crippen LogP contribution >= 0.6 is 15.9 Å². The van der Waals surface area contributed by atoms with E-state index in [1.165, 1.54) is 6.20 Å². The SMILES string of the molecule is O=C1OC2(CCN(C(=O)C3(c4ccc(Br)cc4)CC3)C2)c2c(F)cncc21. The highest BCUT2D eigenvalue weighted by molar-refractivity contribution is 9.10. The number of carbonyl (C=O) groups excluding carboxylic acids is 2. The number of benzene rings is 1. The molecule has 0 radical (unpaired) electrons. The van der Waals surface area contributed by atoms with Crippen LogP contribution in [-0.4, -0.2) is 34.8 Å². The lowest BCUT2D eigenvalue weighted by atomic mass is 9.92. The van der Waals surface area contributed by atoms with Crippen molar-refractivity contribution in [2.24, 2.45) is 0 Å². The Kier molecular flexibility index (Phi) is 3.50. The molecule has 1 saturated heterocycles. The maximum Gasteiger partial charge on any atom is 0.341 e. The van der Waals surface area contributed by atoms with Crippen molar-refractivity contribution in [3.8, 4) is 0 Å². The van der Waals surface area contributed by atoms with Gasteiger partial charge >= 0.3 is 5.97 Å². The van der Waals surface area contributed by atoms with E-state index in [1.54, 1.807) is 4.90 Å². The summed E-state index contributed by atoms with van der Waals surface area (Å²) in [7, 11) is 0. The van der Waals surface area contributed by atoms with Crippen LogP contribution in [0.2, 0.25) is 0 Å². The number of ether oxygens (including phenoxy) is 1. The van der Waals surface area contributed by atoms with E-state index in [4.69, 9.17) is 4.74 Å². The minimum absolute atomic E-state index is 0.0284. The van der Waals surface area contributed by atoms with Gasteiger partial charge in [0.1, 0.15) is 5.82 Å². The molecule has 1 atom stereocenters. The summed E-state index contributed by atoms with van der Waals surface area (Å²) in [5.41, 5.74) is -0.195. The first-order valence-corrected chi connectivity index (χ1v) is 9.67. The fourth-order valence-electron chi connectivity index (χ4n) is 4.40. The van der Waals surface area contributed by atoms with E-state index in [2.05, 4.69) is 20.9 Å². The first kappa shape index (κ1) is 16.9. The molecule has 1 saturated carbocycles. The van der Waals surface area contributed by atoms with Gasteiger partial charge in [-0.25, -0.2) is 9.18 Å². The highest BCUT2D eigenvalue weighted by atomic mass is 79.9. The second kappa shape index (κ2) is 5.61. The Morgan fingerprint density at radius 1 is 1.19 bits per heavy atom. The molecule has 1 aliphatic carbocycles. The number of esters is 1. The zero-order chi connectivity index (χ0) is 18.8. The van der Waals surface area contributed by atoms with Crippen molar-refractivity contribution in [2.75, 3.05) is 13.1 Å². The molecule has 2 aromatic rings. The zero-order valence-electron chi connectivity index (χ0n) is 14.4. The number of likely N-dealkylation sites (tertiary alicyclic amines) is 1. The smallest absolute Gasteiger partial charge is 0.341 e. The van der Waals surface area contributed by atoms with Crippen molar-refractivity contribution in [3.05, 3.63) is 63.6 Å². The molecule has 2 fully saturated rings. The summed E-state index contributed by atoms with van der Waals surface area (Å²) in [6.07, 6.45) is 4.42. The minimum atomic E-state index is -1.09. The number of aromatic nitrogens is 1. The Hall–Kier alpha value is -2.28. The Labute approximate surface area is 163 Å². The van der Waals surface area contributed by atoms with Crippen molar-refractivity contribution in [1.29, 1.82) is 0 Å². The van der Waals surface area contributed by atoms with Crippen LogP contribution in [0.3, 0.4) is 0 Å². The average molecular weight is 431 g/mol. The first-order valence-electron chi connectivity index (χ1n) is 8.88. The fourth-order valence-corrected chi connectivity index (χ4v) is 4.67. The van der Waals surface area contributed by atoms with E-state index < -0.39 is 22.8 Å². The van der Waals surface area contributed by atoms with Crippen LogP contribution in [0, 0.1) is 5.82 Å². The van der Waals surface area contributed by atoms with Crippen molar-refractivity contribution < 1.29 is 18.7 Å². The molecule has 1 aromatic carbocycles. The van der Waals surface area contributed by atoms with Crippen LogP contribution < -0.4 is 0 Å². The second-order valence-corrected chi connectivity index (χ2v) is 8.41. The molecule has 1 unspecified atom stereocenters. The molecule has 7 heteroatoms. The maximum absolute atomic E-state index is 14.4. The van der Waals surface area contributed by atoms with Gasteiger partial charge in [-0.05, 0) is 30.5 Å². The van der Waals surface area contributed by atoms with Crippen LogP contribution in [0.5, 0.6) is 0 Å². The highest BCUT2D eigenvalue weighted by Crippen LogP contribution is 2.52. The quantitative estimate of drug-likeness (QED) is 0.685. The molecule has 1 amide bonds. The van der Waals surface area contributed by atoms with Gasteiger partial charge < -0.3 is 9.64 Å². The van der Waals surface area contributed by atoms with Crippen molar-refractivity contribution in [1.82, 2.24) is 9.88 Å². The maximum atomic E-state index is 14.4. The van der Waals surface area contributed by atoms with Crippen LogP contribution in [0.15, 0.2) is 41.1 Å². The molecule has 2 aliphatic heterocycles. The Morgan fingerprint density at radius 2 is 1.93 bits per heavy atom. The van der Waals surface area contributed by atoms with Gasteiger partial charge in [-0.2, -0.15) is 0 Å². The largest absolute Gasteiger partial charge is 0.448 e. The first-order chi connectivity index (χ1) is 13.0. The number of pyridine rings is 1. The van der Waals surface area contributed by atoms with E-state index in [-0.39, 0.29) is 23.6 Å². The number of rotatable bonds is 2. The molecule has 3 aliphatic rings. The van der Waals surface area contributed by atoms with Gasteiger partial charge in [-0.1, -0.05) is 28.1 Å². The number of hydrogen-bond donors (Lipinski definition) is 0. The summed E-state index contributed by atoms with van der Waals surface area (Å²) in [6.45, 7) is 0.620. The molecule has 0 N–H and O–H groups in total. The van der Waals surface area contributed by atoms with E-state index in [1.807, 2.05) is 24.3 Å². The number of amides is 1. The van der Waals surface area contributed by atoms with E-state index in [9.17, 15) is 14.0 Å². The number of carbonyl (C=O) groups is 2. The third-order valence-electron chi connectivity index (χ3n) is 5.94. The molecule has 1 spiro atoms. The zero-order valence-corrected chi connectivity index (χ0v) is 16.0. The van der Waals surface area contributed by atoms with Gasteiger partial charge in [0.25, 0.3) is 0 Å². The molecule has 5 nitrogen and oxygen atoms in total. The van der Waals surface area contributed by atoms with Crippen molar-refractivity contribution in [3.63, 3.8) is 0 Å². The van der Waals surface area contributed by atoms with Crippen molar-refractivity contribution in [2.45, 2.75) is 30.3 Å². The van der Waals surface area contributed by atoms with E-state index in [0.717, 1.165) is 29.1 Å². The lowest BCUT2D eigenvalue weighted by molar-refractivity contribution is -0.134. The third kappa shape index (κ3) is 2.37. The molecule has 138 valence electrons. The Morgan fingerprint density at radius 3 is 2.63 bits per heavy atom. The number of fused-ring (bicyclic) bond motifs is 2. The molecule has 3 heterocycles. The van der Waals surface area contributed by atoms with Gasteiger partial charge in [-0.3, -0.25) is 9.78 Å². The Balaban J connectivity index is 1.45. The standard InChI is InChI=1S/C20H16BrFN2O3/c21-13-3-1-12(2-4-13)19(5-6-19)18(26)24-8-7-20(11-24)16-14(17(25)27-20)9-23-10-15(16)22/h1-4,9-10H,5-8,11H2. The molecular weight excluding hydrogens is 415 g/mol. The normalized spacial score (nSPS) is 24.8. The summed E-state index contributed by atoms with van der Waals surface area (Å²) in [4.78, 5) is 31.0. The third-order valence-corrected chi connectivity index (χ3v) is 6.47. The van der Waals surface area contributed by atoms with Gasteiger partial charge in [0, 0.05) is 23.6 Å². The Bertz CT molecular complexity index is 974. The summed E-state index contributed by atoms with van der Waals surface area (Å²) in [6, 6.07) is 7.81. The summed E-state index contributed by atoms with van der Waals surface area (Å²) in [5.74, 6) is -1.09. The number of nitrogens with zero attached hydrogens (tertiary/aromatic N) is 2. The van der Waals surface area contributed by atoms with Crippen LogP contribution in [-0.2, 0) is 20.5 Å². The molecule has 0 bridgehead atoms. The van der Waals surface area contributed by atoms with Crippen LogP contribution in [0.25, 0.3) is 0 Å². The number of hydrogen-bond acceptors (Lipinski definition) is 4. The second-order valence-electron chi connectivity index (χ2n) is 7.49. The van der Waals surface area contributed by atoms with Gasteiger partial charge in [0.15, 0.2) is 5.60 Å². The van der Waals surface area contributed by atoms with Gasteiger partial charge in [0.2, 0.25) is 5.91 Å². The predicted molar refractivity (Wildman–Crippen MR) is 97.5 cm³/mol. The predicted octanol–water partition coefficient (Wildman–Crippen LogP) is 3.31. The lowest BCUT2D eigenvalue weighted by Crippen LogP contribution is -2.40. The molecule has 1 aromatic heterocycles. The number of halogens is 2. The van der Waals surface area contributed by atoms with Crippen molar-refractivity contribution >= 4 is 27.8 Å². The van der Waals surface area contributed by atoms with Crippen LogP contribution in [0.1, 0.15) is 40.7 Å². The minimum Gasteiger partial charge on any atom is -0.448 e. The summed E-state index contributed by atoms with van der Waals surface area (Å²) >= 11 is 3.42. The monoisotopic (exact) mass is 430 g/mol. The van der Waals surface area contributed by atoms with E-state index in [0.29, 0.717) is 13.0 Å². The summed E-state index contributed by atoms with van der Waals surface area (Å²) in [5, 5.41) is 0. The molecular formula is C20H16BrFN2O3. The van der Waals surface area contributed by atoms with Gasteiger partial charge in [0.05, 0.1) is 29.3 Å². The fraction of sp³-hybridized carbons (Fsp3) is 0.350. The molecule has 5 rings (SSSR count). The topological polar surface area (TPSA) is 59.5 Å². The summed E-state index contributed by atoms with van der Waals surface area (Å²) < 4.78 is 21.0. The lowest BCUT2D eigenvalue weighted by Gasteiger charge is -2.27.